The summed E-state index contributed by atoms with van der Waals surface area (Å²) in [5, 5.41) is 3.72. The lowest BCUT2D eigenvalue weighted by atomic mass is 10.2. The largest absolute Gasteiger partial charge is 0.368 e. The summed E-state index contributed by atoms with van der Waals surface area (Å²) in [5.41, 5.74) is 12.0. The molecule has 116 valence electrons. The molecule has 7 heteroatoms. The summed E-state index contributed by atoms with van der Waals surface area (Å²) < 4.78 is 0. The van der Waals surface area contributed by atoms with Crippen LogP contribution in [-0.2, 0) is 16.1 Å². The number of nitrogens with zero attached hydrogens (tertiary/aromatic N) is 1. The predicted octanol–water partition coefficient (Wildman–Crippen LogP) is 0.617. The van der Waals surface area contributed by atoms with Gasteiger partial charge in [0, 0.05) is 6.54 Å². The highest BCUT2D eigenvalue weighted by molar-refractivity contribution is 6.33. The van der Waals surface area contributed by atoms with E-state index in [4.69, 9.17) is 23.1 Å². The van der Waals surface area contributed by atoms with Crippen LogP contribution in [0.1, 0.15) is 18.9 Å². The van der Waals surface area contributed by atoms with Crippen molar-refractivity contribution in [1.29, 1.82) is 0 Å². The zero-order valence-corrected chi connectivity index (χ0v) is 12.8. The second-order valence-electron chi connectivity index (χ2n) is 4.75. The Bertz CT molecular complexity index is 492. The molecule has 0 atom stereocenters. The van der Waals surface area contributed by atoms with E-state index >= 15 is 0 Å². The molecule has 1 aromatic carbocycles. The van der Waals surface area contributed by atoms with E-state index in [0.29, 0.717) is 17.3 Å². The zero-order chi connectivity index (χ0) is 15.8. The fraction of sp³-hybridized carbons (Fsp3) is 0.429. The summed E-state index contributed by atoms with van der Waals surface area (Å²) in [4.78, 5) is 23.7. The molecule has 0 saturated carbocycles. The van der Waals surface area contributed by atoms with Crippen LogP contribution >= 0.6 is 11.6 Å². The molecule has 1 rings (SSSR count). The molecule has 6 nitrogen and oxygen atoms in total. The number of primary amides is 2. The summed E-state index contributed by atoms with van der Waals surface area (Å²) in [6.07, 6.45) is 1.05. The Balaban J connectivity index is 2.88. The molecule has 0 aliphatic carbocycles. The standard InChI is InChI=1S/C14H21ClN4O2/c1-2-5-18-7-10-3-4-12(11(15)6-10)19(8-13(16)20)9-14(17)21/h3-4,6,18H,2,5,7-9H2,1H3,(H2,16,20)(H2,17,21). The van der Waals surface area contributed by atoms with Crippen molar-refractivity contribution in [3.63, 3.8) is 0 Å². The van der Waals surface area contributed by atoms with Gasteiger partial charge in [-0.05, 0) is 30.7 Å². The predicted molar refractivity (Wildman–Crippen MR) is 84.1 cm³/mol. The molecule has 1 aromatic rings. The third-order valence-electron chi connectivity index (χ3n) is 2.80. The molecule has 0 aliphatic heterocycles. The highest BCUT2D eigenvalue weighted by atomic mass is 35.5. The van der Waals surface area contributed by atoms with E-state index in [2.05, 4.69) is 12.2 Å². The molecular weight excluding hydrogens is 292 g/mol. The number of carbonyl (C=O) groups is 2. The van der Waals surface area contributed by atoms with Crippen molar-refractivity contribution in [2.45, 2.75) is 19.9 Å². The molecule has 0 spiro atoms. The average molecular weight is 313 g/mol. The quantitative estimate of drug-likeness (QED) is 0.582. The third kappa shape index (κ3) is 6.01. The molecule has 0 heterocycles. The van der Waals surface area contributed by atoms with Crippen LogP contribution in [0.5, 0.6) is 0 Å². The van der Waals surface area contributed by atoms with Gasteiger partial charge in [0.2, 0.25) is 11.8 Å². The smallest absolute Gasteiger partial charge is 0.236 e. The normalized spacial score (nSPS) is 10.4. The Labute approximate surface area is 129 Å². The lowest BCUT2D eigenvalue weighted by Crippen LogP contribution is -2.39. The third-order valence-corrected chi connectivity index (χ3v) is 3.10. The second-order valence-corrected chi connectivity index (χ2v) is 5.16. The second kappa shape index (κ2) is 8.49. The highest BCUT2D eigenvalue weighted by Crippen LogP contribution is 2.26. The van der Waals surface area contributed by atoms with E-state index in [1.54, 1.807) is 12.1 Å². The maximum atomic E-state index is 11.1. The molecule has 2 amide bonds. The van der Waals surface area contributed by atoms with Crippen molar-refractivity contribution in [1.82, 2.24) is 5.32 Å². The molecule has 5 N–H and O–H groups in total. The van der Waals surface area contributed by atoms with E-state index in [1.165, 1.54) is 4.90 Å². The topological polar surface area (TPSA) is 101 Å². The van der Waals surface area contributed by atoms with Crippen molar-refractivity contribution >= 4 is 29.1 Å². The molecule has 0 radical (unpaired) electrons. The number of nitrogens with one attached hydrogen (secondary N) is 1. The molecule has 0 aromatic heterocycles. The van der Waals surface area contributed by atoms with Gasteiger partial charge in [-0.3, -0.25) is 9.59 Å². The van der Waals surface area contributed by atoms with Gasteiger partial charge in [-0.1, -0.05) is 24.6 Å². The van der Waals surface area contributed by atoms with Gasteiger partial charge in [-0.15, -0.1) is 0 Å². The first-order valence-electron chi connectivity index (χ1n) is 6.74. The SMILES string of the molecule is CCCNCc1ccc(N(CC(N)=O)CC(N)=O)c(Cl)c1. The van der Waals surface area contributed by atoms with Gasteiger partial charge in [-0.25, -0.2) is 0 Å². The summed E-state index contributed by atoms with van der Waals surface area (Å²) in [5.74, 6) is -1.11. The summed E-state index contributed by atoms with van der Waals surface area (Å²) in [6, 6.07) is 5.45. The Kier molecular flexibility index (Phi) is 6.98. The molecule has 0 unspecified atom stereocenters. The lowest BCUT2D eigenvalue weighted by Gasteiger charge is -2.23. The van der Waals surface area contributed by atoms with Crippen LogP contribution in [0.25, 0.3) is 0 Å². The molecule has 0 saturated heterocycles. The molecule has 0 bridgehead atoms. The van der Waals surface area contributed by atoms with Crippen molar-refractivity contribution < 1.29 is 9.59 Å². The zero-order valence-electron chi connectivity index (χ0n) is 12.1. The van der Waals surface area contributed by atoms with E-state index in [1.807, 2.05) is 6.07 Å². The van der Waals surface area contributed by atoms with E-state index in [0.717, 1.165) is 18.5 Å². The number of benzene rings is 1. The molecule has 21 heavy (non-hydrogen) atoms. The first kappa shape index (κ1) is 17.3. The number of carbonyl (C=O) groups excluding carboxylic acids is 2. The van der Waals surface area contributed by atoms with Crippen molar-refractivity contribution in [3.05, 3.63) is 28.8 Å². The maximum absolute atomic E-state index is 11.1. The first-order chi connectivity index (χ1) is 9.93. The minimum atomic E-state index is -0.555. The van der Waals surface area contributed by atoms with Gasteiger partial charge >= 0.3 is 0 Å². The maximum Gasteiger partial charge on any atom is 0.236 e. The molecule has 0 aliphatic rings. The average Bonchev–Trinajstić information content (AvgIpc) is 2.37. The van der Waals surface area contributed by atoms with Crippen molar-refractivity contribution in [2.24, 2.45) is 11.5 Å². The van der Waals surface area contributed by atoms with Crippen LogP contribution in [0.4, 0.5) is 5.69 Å². The van der Waals surface area contributed by atoms with Gasteiger partial charge < -0.3 is 21.7 Å². The van der Waals surface area contributed by atoms with Crippen molar-refractivity contribution in [2.75, 3.05) is 24.5 Å². The molecular formula is C14H21ClN4O2. The van der Waals surface area contributed by atoms with E-state index < -0.39 is 11.8 Å². The Morgan fingerprint density at radius 3 is 2.33 bits per heavy atom. The van der Waals surface area contributed by atoms with Crippen LogP contribution in [0.2, 0.25) is 5.02 Å². The van der Waals surface area contributed by atoms with Crippen LogP contribution in [0, 0.1) is 0 Å². The number of hydrogen-bond donors (Lipinski definition) is 3. The fourth-order valence-electron chi connectivity index (χ4n) is 1.93. The Morgan fingerprint density at radius 1 is 1.24 bits per heavy atom. The summed E-state index contributed by atoms with van der Waals surface area (Å²) >= 11 is 6.23. The van der Waals surface area contributed by atoms with Crippen LogP contribution in [-0.4, -0.2) is 31.4 Å². The van der Waals surface area contributed by atoms with Crippen LogP contribution < -0.4 is 21.7 Å². The number of amides is 2. The summed E-state index contributed by atoms with van der Waals surface area (Å²) in [6.45, 7) is 3.50. The minimum absolute atomic E-state index is 0.115. The van der Waals surface area contributed by atoms with Crippen molar-refractivity contribution in [3.8, 4) is 0 Å². The van der Waals surface area contributed by atoms with Crippen LogP contribution in [0.3, 0.4) is 0 Å². The number of anilines is 1. The van der Waals surface area contributed by atoms with Gasteiger partial charge in [0.15, 0.2) is 0 Å². The molecule has 0 fully saturated rings. The fourth-order valence-corrected chi connectivity index (χ4v) is 2.25. The lowest BCUT2D eigenvalue weighted by molar-refractivity contribution is -0.117. The number of nitrogens with two attached hydrogens (primary N) is 2. The van der Waals surface area contributed by atoms with E-state index in [9.17, 15) is 9.59 Å². The number of hydrogen-bond acceptors (Lipinski definition) is 4. The Morgan fingerprint density at radius 2 is 1.86 bits per heavy atom. The van der Waals surface area contributed by atoms with Gasteiger partial charge in [0.05, 0.1) is 23.8 Å². The van der Waals surface area contributed by atoms with Gasteiger partial charge in [0.25, 0.3) is 0 Å². The Hall–Kier alpha value is -1.79. The number of halogens is 1. The van der Waals surface area contributed by atoms with Gasteiger partial charge in [0.1, 0.15) is 0 Å². The minimum Gasteiger partial charge on any atom is -0.368 e. The number of rotatable bonds is 9. The first-order valence-corrected chi connectivity index (χ1v) is 7.12. The summed E-state index contributed by atoms with van der Waals surface area (Å²) in [7, 11) is 0. The van der Waals surface area contributed by atoms with Gasteiger partial charge in [-0.2, -0.15) is 0 Å². The van der Waals surface area contributed by atoms with E-state index in [-0.39, 0.29) is 13.1 Å². The highest BCUT2D eigenvalue weighted by Gasteiger charge is 2.15. The monoisotopic (exact) mass is 312 g/mol. The van der Waals surface area contributed by atoms with Crippen LogP contribution in [0.15, 0.2) is 18.2 Å².